The van der Waals surface area contributed by atoms with E-state index in [0.29, 0.717) is 5.56 Å². The highest BCUT2D eigenvalue weighted by Gasteiger charge is 2.51. The lowest BCUT2D eigenvalue weighted by molar-refractivity contribution is 0.00578. The van der Waals surface area contributed by atoms with E-state index >= 15 is 0 Å². The summed E-state index contributed by atoms with van der Waals surface area (Å²) in [6.07, 6.45) is 1.65. The van der Waals surface area contributed by atoms with Crippen molar-refractivity contribution in [3.05, 3.63) is 65.9 Å². The molecule has 0 bridgehead atoms. The first-order valence-corrected chi connectivity index (χ1v) is 10.6. The number of fused-ring (bicyclic) bond motifs is 1. The van der Waals surface area contributed by atoms with Crippen molar-refractivity contribution in [3.63, 3.8) is 0 Å². The maximum absolute atomic E-state index is 9.83. The summed E-state index contributed by atoms with van der Waals surface area (Å²) >= 11 is 0. The van der Waals surface area contributed by atoms with Crippen molar-refractivity contribution in [1.29, 1.82) is 5.26 Å². The first-order valence-electron chi connectivity index (χ1n) is 10.6. The van der Waals surface area contributed by atoms with Gasteiger partial charge in [0.1, 0.15) is 6.07 Å². The summed E-state index contributed by atoms with van der Waals surface area (Å²) in [5.41, 5.74) is 3.51. The number of aromatic nitrogens is 1. The molecule has 6 heteroatoms. The molecule has 2 aromatic carbocycles. The molecule has 4 rings (SSSR count). The highest BCUT2D eigenvalue weighted by Crippen LogP contribution is 2.38. The maximum atomic E-state index is 9.83. The number of anilines is 1. The Bertz CT molecular complexity index is 1140. The molecule has 1 atom stereocenters. The molecule has 31 heavy (non-hydrogen) atoms. The van der Waals surface area contributed by atoms with E-state index in [4.69, 9.17) is 9.31 Å². The van der Waals surface area contributed by atoms with Crippen LogP contribution in [0.1, 0.15) is 51.8 Å². The summed E-state index contributed by atoms with van der Waals surface area (Å²) in [6.45, 7) is 10.3. The van der Waals surface area contributed by atoms with Crippen LogP contribution in [0.2, 0.25) is 0 Å². The van der Waals surface area contributed by atoms with E-state index < -0.39 is 18.3 Å². The predicted molar refractivity (Wildman–Crippen MR) is 125 cm³/mol. The maximum Gasteiger partial charge on any atom is 0.494 e. The van der Waals surface area contributed by atoms with E-state index in [9.17, 15) is 5.26 Å². The van der Waals surface area contributed by atoms with Crippen LogP contribution in [-0.4, -0.2) is 30.4 Å². The third-order valence-electron chi connectivity index (χ3n) is 6.73. The fourth-order valence-electron chi connectivity index (χ4n) is 3.93. The van der Waals surface area contributed by atoms with Gasteiger partial charge in [0.25, 0.3) is 0 Å². The van der Waals surface area contributed by atoms with Crippen molar-refractivity contribution >= 4 is 29.2 Å². The van der Waals surface area contributed by atoms with Crippen molar-refractivity contribution in [2.24, 2.45) is 0 Å². The largest absolute Gasteiger partial charge is 0.494 e. The van der Waals surface area contributed by atoms with Gasteiger partial charge in [0.05, 0.1) is 34.0 Å². The number of benzene rings is 2. The minimum Gasteiger partial charge on any atom is -0.399 e. The summed E-state index contributed by atoms with van der Waals surface area (Å²) in [5, 5.41) is 10.7. The van der Waals surface area contributed by atoms with Crippen LogP contribution < -0.4 is 10.4 Å². The Morgan fingerprint density at radius 1 is 1.03 bits per heavy atom. The lowest BCUT2D eigenvalue weighted by Crippen LogP contribution is -2.41. The van der Waals surface area contributed by atoms with Gasteiger partial charge in [-0.25, -0.2) is 0 Å². The SMILES string of the molecule is CC(c1ccccc1)N(C)c1c(C#N)cnc2ccc(B3OC(C)(C)C(C)(C)O3)cc12. The van der Waals surface area contributed by atoms with Gasteiger partial charge in [-0.2, -0.15) is 5.26 Å². The van der Waals surface area contributed by atoms with Gasteiger partial charge < -0.3 is 14.2 Å². The first-order chi connectivity index (χ1) is 14.6. The summed E-state index contributed by atoms with van der Waals surface area (Å²) in [7, 11) is 1.55. The Labute approximate surface area is 184 Å². The van der Waals surface area contributed by atoms with E-state index in [1.807, 2.05) is 65.1 Å². The quantitative estimate of drug-likeness (QED) is 0.585. The monoisotopic (exact) mass is 413 g/mol. The van der Waals surface area contributed by atoms with E-state index in [1.165, 1.54) is 5.56 Å². The Morgan fingerprint density at radius 3 is 2.29 bits per heavy atom. The van der Waals surface area contributed by atoms with Gasteiger partial charge in [0, 0.05) is 18.6 Å². The average molecular weight is 413 g/mol. The van der Waals surface area contributed by atoms with Crippen LogP contribution in [0.25, 0.3) is 10.9 Å². The van der Waals surface area contributed by atoms with Crippen molar-refractivity contribution in [2.45, 2.75) is 51.9 Å². The fraction of sp³-hybridized carbons (Fsp3) is 0.360. The van der Waals surface area contributed by atoms with Crippen LogP contribution in [0.15, 0.2) is 54.7 Å². The highest BCUT2D eigenvalue weighted by atomic mass is 16.7. The van der Waals surface area contributed by atoms with Gasteiger partial charge in [-0.3, -0.25) is 4.98 Å². The lowest BCUT2D eigenvalue weighted by Gasteiger charge is -2.32. The molecule has 5 nitrogen and oxygen atoms in total. The number of pyridine rings is 1. The molecule has 1 unspecified atom stereocenters. The topological polar surface area (TPSA) is 58.4 Å². The minimum absolute atomic E-state index is 0.0828. The van der Waals surface area contributed by atoms with Crippen molar-refractivity contribution in [3.8, 4) is 6.07 Å². The zero-order valence-electron chi connectivity index (χ0n) is 19.0. The Morgan fingerprint density at radius 2 is 1.68 bits per heavy atom. The van der Waals surface area contributed by atoms with Crippen LogP contribution in [0.5, 0.6) is 0 Å². The van der Waals surface area contributed by atoms with E-state index in [-0.39, 0.29) is 6.04 Å². The van der Waals surface area contributed by atoms with Gasteiger partial charge in [-0.1, -0.05) is 42.5 Å². The van der Waals surface area contributed by atoms with Crippen molar-refractivity contribution in [2.75, 3.05) is 11.9 Å². The van der Waals surface area contributed by atoms with Crippen LogP contribution in [0.4, 0.5) is 5.69 Å². The average Bonchev–Trinajstić information content (AvgIpc) is 2.99. The van der Waals surface area contributed by atoms with Gasteiger partial charge in [-0.15, -0.1) is 0 Å². The molecular formula is C25H28BN3O2. The minimum atomic E-state index is -0.468. The second kappa shape index (κ2) is 7.67. The van der Waals surface area contributed by atoms with Crippen LogP contribution in [-0.2, 0) is 9.31 Å². The number of nitriles is 1. The first kappa shape index (κ1) is 21.4. The summed E-state index contributed by atoms with van der Waals surface area (Å²) in [4.78, 5) is 6.67. The third-order valence-corrected chi connectivity index (χ3v) is 6.73. The normalized spacial score (nSPS) is 18.0. The molecule has 1 aliphatic heterocycles. The van der Waals surface area contributed by atoms with Gasteiger partial charge in [0.15, 0.2) is 0 Å². The molecule has 0 saturated carbocycles. The Balaban J connectivity index is 1.81. The molecule has 0 spiro atoms. The molecule has 2 heterocycles. The van der Waals surface area contributed by atoms with Gasteiger partial charge >= 0.3 is 7.12 Å². The van der Waals surface area contributed by atoms with Crippen LogP contribution in [0, 0.1) is 11.3 Å². The van der Waals surface area contributed by atoms with E-state index in [1.54, 1.807) is 6.20 Å². The standard InChI is InChI=1S/C25H28BN3O2/c1-17(18-10-8-7-9-11-18)29(6)23-19(15-27)16-28-22-13-12-20(14-21(22)23)26-30-24(2,3)25(4,5)31-26/h7-14,16-17H,1-6H3. The second-order valence-corrected chi connectivity index (χ2v) is 9.19. The molecule has 0 aliphatic carbocycles. The van der Waals surface area contributed by atoms with E-state index in [0.717, 1.165) is 22.1 Å². The molecule has 0 N–H and O–H groups in total. The zero-order valence-corrected chi connectivity index (χ0v) is 19.0. The Hall–Kier alpha value is -2.88. The molecule has 1 saturated heterocycles. The molecule has 1 fully saturated rings. The summed E-state index contributed by atoms with van der Waals surface area (Å²) in [6, 6.07) is 18.7. The molecular weight excluding hydrogens is 385 g/mol. The fourth-order valence-corrected chi connectivity index (χ4v) is 3.93. The van der Waals surface area contributed by atoms with Crippen LogP contribution in [0.3, 0.4) is 0 Å². The second-order valence-electron chi connectivity index (χ2n) is 9.19. The number of rotatable bonds is 4. The van der Waals surface area contributed by atoms with Gasteiger partial charge in [0.2, 0.25) is 0 Å². The molecule has 1 aromatic heterocycles. The summed E-state index contributed by atoms with van der Waals surface area (Å²) in [5.74, 6) is 0. The molecule has 1 aliphatic rings. The number of hydrogen-bond acceptors (Lipinski definition) is 5. The highest BCUT2D eigenvalue weighted by molar-refractivity contribution is 6.62. The van der Waals surface area contributed by atoms with Crippen molar-refractivity contribution < 1.29 is 9.31 Å². The third kappa shape index (κ3) is 3.69. The Kier molecular flexibility index (Phi) is 5.29. The van der Waals surface area contributed by atoms with Crippen molar-refractivity contribution in [1.82, 2.24) is 4.98 Å². The molecule has 3 aromatic rings. The number of hydrogen-bond donors (Lipinski definition) is 0. The lowest BCUT2D eigenvalue weighted by atomic mass is 9.78. The molecule has 0 radical (unpaired) electrons. The molecule has 158 valence electrons. The van der Waals surface area contributed by atoms with Gasteiger partial charge in [-0.05, 0) is 51.7 Å². The molecule has 0 amide bonds. The number of nitrogens with zero attached hydrogens (tertiary/aromatic N) is 3. The van der Waals surface area contributed by atoms with E-state index in [2.05, 4.69) is 41.1 Å². The van der Waals surface area contributed by atoms with Crippen LogP contribution >= 0.6 is 0 Å². The zero-order chi connectivity index (χ0) is 22.4. The summed E-state index contributed by atoms with van der Waals surface area (Å²) < 4.78 is 12.5. The predicted octanol–water partition coefficient (Wildman–Crippen LogP) is 4.60. The smallest absolute Gasteiger partial charge is 0.399 e.